The third kappa shape index (κ3) is 1.16. The van der Waals surface area contributed by atoms with Crippen LogP contribution in [0.5, 0.6) is 0 Å². The Kier molecular flexibility index (Phi) is 2.57. The Hall–Kier alpha value is -0.330. The summed E-state index contributed by atoms with van der Waals surface area (Å²) in [6.45, 7) is 10.7. The van der Waals surface area contributed by atoms with Crippen molar-refractivity contribution >= 4 is 5.78 Å². The molecule has 0 N–H and O–H groups in total. The van der Waals surface area contributed by atoms with E-state index in [4.69, 9.17) is 0 Å². The summed E-state index contributed by atoms with van der Waals surface area (Å²) >= 11 is 0. The molecule has 2 aliphatic rings. The molecule has 0 spiro atoms. The number of ketones is 1. The minimum Gasteiger partial charge on any atom is -0.299 e. The van der Waals surface area contributed by atoms with Crippen molar-refractivity contribution in [3.05, 3.63) is 0 Å². The van der Waals surface area contributed by atoms with Crippen LogP contribution in [-0.4, -0.2) is 5.78 Å². The second kappa shape index (κ2) is 3.11. The molecule has 0 bridgehead atoms. The van der Waals surface area contributed by atoms with Crippen LogP contribution >= 0.6 is 0 Å². The number of hydrogen-bond donors (Lipinski definition) is 0. The van der Waals surface area contributed by atoms with Crippen molar-refractivity contribution in [2.75, 3.05) is 0 Å². The van der Waals surface area contributed by atoms with Crippen molar-refractivity contribution in [3.63, 3.8) is 0 Å². The van der Waals surface area contributed by atoms with Gasteiger partial charge in [0.2, 0.25) is 0 Å². The molecule has 0 aromatic heterocycles. The van der Waals surface area contributed by atoms with Gasteiger partial charge in [-0.2, -0.15) is 0 Å². The molecule has 0 saturated heterocycles. The largest absolute Gasteiger partial charge is 0.299 e. The Bertz CT molecular complexity index is 221. The maximum absolute atomic E-state index is 11.4. The zero-order chi connectivity index (χ0) is 10.3. The molecule has 76 valence electrons. The van der Waals surface area contributed by atoms with Gasteiger partial charge < -0.3 is 0 Å². The van der Waals surface area contributed by atoms with Gasteiger partial charge in [0.05, 0.1) is 0 Å². The first-order valence-electron chi connectivity index (χ1n) is 5.52. The van der Waals surface area contributed by atoms with Crippen LogP contribution in [0.3, 0.4) is 0 Å². The summed E-state index contributed by atoms with van der Waals surface area (Å²) < 4.78 is 0. The van der Waals surface area contributed by atoms with E-state index in [1.807, 2.05) is 13.8 Å². The lowest BCUT2D eigenvalue weighted by molar-refractivity contribution is -0.121. The average molecular weight is 182 g/mol. The van der Waals surface area contributed by atoms with Gasteiger partial charge in [-0.15, -0.1) is 0 Å². The molecule has 3 atom stereocenters. The summed E-state index contributed by atoms with van der Waals surface area (Å²) in [7, 11) is 0. The lowest BCUT2D eigenvalue weighted by Gasteiger charge is -2.53. The quantitative estimate of drug-likeness (QED) is 0.561. The van der Waals surface area contributed by atoms with E-state index < -0.39 is 0 Å². The fourth-order valence-electron chi connectivity index (χ4n) is 2.87. The minimum atomic E-state index is 0.321. The molecule has 2 rings (SSSR count). The summed E-state index contributed by atoms with van der Waals surface area (Å²) in [4.78, 5) is 11.4. The number of carbonyl (C=O) groups excluding carboxylic acids is 1. The number of carbonyl (C=O) groups is 1. The number of rotatable bonds is 0. The van der Waals surface area contributed by atoms with Gasteiger partial charge in [0.25, 0.3) is 0 Å². The second-order valence-electron chi connectivity index (χ2n) is 4.84. The molecule has 3 unspecified atom stereocenters. The molecular weight excluding hydrogens is 160 g/mol. The average Bonchev–Trinajstić information content (AvgIpc) is 2.24. The second-order valence-corrected chi connectivity index (χ2v) is 4.84. The Morgan fingerprint density at radius 1 is 1.23 bits per heavy atom. The Morgan fingerprint density at radius 2 is 1.77 bits per heavy atom. The first kappa shape index (κ1) is 10.7. The lowest BCUT2D eigenvalue weighted by atomic mass is 9.51. The fourth-order valence-corrected chi connectivity index (χ4v) is 2.87. The predicted molar refractivity (Wildman–Crippen MR) is 55.6 cm³/mol. The highest BCUT2D eigenvalue weighted by Gasteiger charge is 2.62. The molecule has 13 heavy (non-hydrogen) atoms. The monoisotopic (exact) mass is 182 g/mol. The summed E-state index contributed by atoms with van der Waals surface area (Å²) in [5.74, 6) is 0.814. The van der Waals surface area contributed by atoms with Crippen LogP contribution in [0.1, 0.15) is 53.9 Å². The zero-order valence-electron chi connectivity index (χ0n) is 9.61. The van der Waals surface area contributed by atoms with Crippen LogP contribution < -0.4 is 0 Å². The van der Waals surface area contributed by atoms with E-state index in [0.29, 0.717) is 22.5 Å². The van der Waals surface area contributed by atoms with Gasteiger partial charge in [-0.25, -0.2) is 0 Å². The molecule has 0 heterocycles. The molecule has 0 aliphatic heterocycles. The van der Waals surface area contributed by atoms with Gasteiger partial charge in [0.15, 0.2) is 0 Å². The summed E-state index contributed by atoms with van der Waals surface area (Å²) in [6.07, 6.45) is 3.36. The Labute approximate surface area is 81.9 Å². The van der Waals surface area contributed by atoms with Crippen molar-refractivity contribution in [2.24, 2.45) is 16.7 Å². The topological polar surface area (TPSA) is 17.1 Å². The van der Waals surface area contributed by atoms with Gasteiger partial charge in [-0.3, -0.25) is 4.79 Å². The number of hydrogen-bond acceptors (Lipinski definition) is 1. The van der Waals surface area contributed by atoms with E-state index in [9.17, 15) is 4.79 Å². The van der Waals surface area contributed by atoms with Crippen molar-refractivity contribution in [2.45, 2.75) is 53.9 Å². The van der Waals surface area contributed by atoms with Crippen molar-refractivity contribution in [1.82, 2.24) is 0 Å². The molecule has 0 aromatic rings. The van der Waals surface area contributed by atoms with E-state index >= 15 is 0 Å². The third-order valence-corrected chi connectivity index (χ3v) is 4.58. The first-order valence-corrected chi connectivity index (χ1v) is 5.52. The maximum atomic E-state index is 11.4. The van der Waals surface area contributed by atoms with Crippen LogP contribution in [0.4, 0.5) is 0 Å². The Balaban J connectivity index is 0.000000396. The Morgan fingerprint density at radius 3 is 1.92 bits per heavy atom. The van der Waals surface area contributed by atoms with Crippen molar-refractivity contribution < 1.29 is 4.79 Å². The molecule has 1 heteroatoms. The van der Waals surface area contributed by atoms with Crippen LogP contribution in [0.15, 0.2) is 0 Å². The van der Waals surface area contributed by atoms with E-state index in [-0.39, 0.29) is 0 Å². The molecule has 1 nitrogen and oxygen atoms in total. The van der Waals surface area contributed by atoms with Gasteiger partial charge in [-0.05, 0) is 23.7 Å². The highest BCUT2D eigenvalue weighted by molar-refractivity contribution is 5.85. The maximum Gasteiger partial charge on any atom is 0.136 e. The molecule has 2 aliphatic carbocycles. The first-order chi connectivity index (χ1) is 6.00. The van der Waals surface area contributed by atoms with E-state index in [1.54, 1.807) is 0 Å². The fraction of sp³-hybridized carbons (Fsp3) is 0.917. The highest BCUT2D eigenvalue weighted by atomic mass is 16.1. The van der Waals surface area contributed by atoms with Gasteiger partial charge in [-0.1, -0.05) is 34.6 Å². The smallest absolute Gasteiger partial charge is 0.136 e. The van der Waals surface area contributed by atoms with Gasteiger partial charge in [0.1, 0.15) is 5.78 Å². The molecule has 2 saturated carbocycles. The van der Waals surface area contributed by atoms with Crippen LogP contribution in [0.2, 0.25) is 0 Å². The third-order valence-electron chi connectivity index (χ3n) is 4.58. The predicted octanol–water partition coefficient (Wildman–Crippen LogP) is 3.43. The minimum absolute atomic E-state index is 0.321. The normalized spacial score (nSPS) is 47.5. The van der Waals surface area contributed by atoms with Crippen LogP contribution in [0.25, 0.3) is 0 Å². The van der Waals surface area contributed by atoms with E-state index in [0.717, 1.165) is 6.42 Å². The van der Waals surface area contributed by atoms with Gasteiger partial charge >= 0.3 is 0 Å². The molecule has 0 amide bonds. The SMILES string of the molecule is CC.CC1C(=O)CC2(C)CCC12C. The standard InChI is InChI=1S/C10H16O.C2H6/c1-7-8(11)6-9(2)4-5-10(7,9)3;1-2/h7H,4-6H2,1-3H3;1-2H3. The molecule has 0 radical (unpaired) electrons. The summed E-state index contributed by atoms with van der Waals surface area (Å²) in [6, 6.07) is 0. The number of Topliss-reactive ketones (excluding diaryl/α,β-unsaturated/α-hetero) is 1. The number of fused-ring (bicyclic) bond motifs is 1. The van der Waals surface area contributed by atoms with E-state index in [2.05, 4.69) is 20.8 Å². The highest BCUT2D eigenvalue weighted by Crippen LogP contribution is 2.67. The molecule has 0 aromatic carbocycles. The van der Waals surface area contributed by atoms with E-state index in [1.165, 1.54) is 12.8 Å². The van der Waals surface area contributed by atoms with Crippen LogP contribution in [0, 0.1) is 16.7 Å². The van der Waals surface area contributed by atoms with Crippen LogP contribution in [-0.2, 0) is 4.79 Å². The summed E-state index contributed by atoms with van der Waals surface area (Å²) in [5.41, 5.74) is 0.716. The zero-order valence-corrected chi connectivity index (χ0v) is 9.61. The summed E-state index contributed by atoms with van der Waals surface area (Å²) in [5, 5.41) is 0. The van der Waals surface area contributed by atoms with Crippen molar-refractivity contribution in [1.29, 1.82) is 0 Å². The molecule has 2 fully saturated rings. The van der Waals surface area contributed by atoms with Gasteiger partial charge in [0, 0.05) is 12.3 Å². The van der Waals surface area contributed by atoms with Crippen molar-refractivity contribution in [3.8, 4) is 0 Å². The lowest BCUT2D eigenvalue weighted by Crippen LogP contribution is -2.45. The molecular formula is C12H22O.